The van der Waals surface area contributed by atoms with Crippen LogP contribution in [0.3, 0.4) is 0 Å². The summed E-state index contributed by atoms with van der Waals surface area (Å²) in [6, 6.07) is 21.8. The van der Waals surface area contributed by atoms with E-state index in [0.717, 1.165) is 16.7 Å². The standard InChI is InChI=1S/C25H23N5/c1-4-10-18(11-5-1)21-22-24(26-16-29-17-27-28-25(22)29)30(20-14-8-3-9-15-20)23(21)19-12-6-2-7-13-19/h1-2,4-7,10-13,16-17,20H,3,8-9,14-15H2. The van der Waals surface area contributed by atoms with E-state index >= 15 is 0 Å². The number of aromatic nitrogens is 5. The molecule has 0 spiro atoms. The summed E-state index contributed by atoms with van der Waals surface area (Å²) < 4.78 is 4.43. The highest BCUT2D eigenvalue weighted by Gasteiger charge is 2.28. The molecule has 3 heterocycles. The Morgan fingerprint density at radius 3 is 2.17 bits per heavy atom. The molecule has 0 bridgehead atoms. The van der Waals surface area contributed by atoms with Crippen LogP contribution in [-0.2, 0) is 0 Å². The summed E-state index contributed by atoms with van der Waals surface area (Å²) in [7, 11) is 0. The highest BCUT2D eigenvalue weighted by atomic mass is 15.2. The van der Waals surface area contributed by atoms with Gasteiger partial charge in [-0.1, -0.05) is 79.9 Å². The van der Waals surface area contributed by atoms with Crippen molar-refractivity contribution in [2.75, 3.05) is 0 Å². The molecule has 5 heteroatoms. The first-order chi connectivity index (χ1) is 14.9. The summed E-state index contributed by atoms with van der Waals surface area (Å²) in [6.07, 6.45) is 9.83. The molecule has 1 fully saturated rings. The minimum atomic E-state index is 0.451. The van der Waals surface area contributed by atoms with Crippen molar-refractivity contribution in [2.45, 2.75) is 38.1 Å². The number of benzene rings is 2. The topological polar surface area (TPSA) is 48.0 Å². The van der Waals surface area contributed by atoms with Crippen molar-refractivity contribution in [3.63, 3.8) is 0 Å². The number of fused-ring (bicyclic) bond motifs is 3. The first kappa shape index (κ1) is 17.4. The van der Waals surface area contributed by atoms with E-state index in [1.165, 1.54) is 54.5 Å². The first-order valence-corrected chi connectivity index (χ1v) is 10.7. The minimum Gasteiger partial charge on any atom is -0.321 e. The van der Waals surface area contributed by atoms with Gasteiger partial charge in [-0.2, -0.15) is 0 Å². The molecule has 1 saturated carbocycles. The third-order valence-corrected chi connectivity index (χ3v) is 6.33. The largest absolute Gasteiger partial charge is 0.321 e. The number of rotatable bonds is 3. The van der Waals surface area contributed by atoms with Crippen molar-refractivity contribution in [2.24, 2.45) is 0 Å². The second-order valence-corrected chi connectivity index (χ2v) is 8.12. The molecule has 0 aliphatic heterocycles. The van der Waals surface area contributed by atoms with E-state index in [2.05, 4.69) is 75.4 Å². The highest BCUT2D eigenvalue weighted by molar-refractivity contribution is 6.09. The Bertz CT molecular complexity index is 1310. The van der Waals surface area contributed by atoms with Gasteiger partial charge in [0, 0.05) is 11.6 Å². The summed E-state index contributed by atoms with van der Waals surface area (Å²) in [5, 5.41) is 9.75. The van der Waals surface area contributed by atoms with E-state index in [-0.39, 0.29) is 0 Å². The van der Waals surface area contributed by atoms with Gasteiger partial charge in [0.2, 0.25) is 0 Å². The van der Waals surface area contributed by atoms with Crippen molar-refractivity contribution in [1.82, 2.24) is 24.1 Å². The molecule has 0 saturated heterocycles. The summed E-state index contributed by atoms with van der Waals surface area (Å²) in [6.45, 7) is 0. The van der Waals surface area contributed by atoms with Gasteiger partial charge < -0.3 is 4.57 Å². The minimum absolute atomic E-state index is 0.451. The molecule has 2 aromatic carbocycles. The molecule has 1 aliphatic carbocycles. The fraction of sp³-hybridized carbons (Fsp3) is 0.240. The second kappa shape index (κ2) is 7.10. The molecule has 148 valence electrons. The summed E-state index contributed by atoms with van der Waals surface area (Å²) in [5.74, 6) is 0. The molecule has 3 aromatic heterocycles. The molecule has 5 aromatic rings. The van der Waals surface area contributed by atoms with Crippen LogP contribution in [-0.4, -0.2) is 24.1 Å². The molecule has 0 atom stereocenters. The summed E-state index contributed by atoms with van der Waals surface area (Å²) in [5.41, 5.74) is 6.73. The van der Waals surface area contributed by atoms with Gasteiger partial charge in [0.15, 0.2) is 5.65 Å². The van der Waals surface area contributed by atoms with Gasteiger partial charge in [0.05, 0.1) is 11.1 Å². The SMILES string of the molecule is c1ccc(-c2c(-c3ccccc3)n(C3CCCCC3)c3ncn4cnnc4c23)cc1. The smallest absolute Gasteiger partial charge is 0.173 e. The lowest BCUT2D eigenvalue weighted by Gasteiger charge is -2.26. The predicted molar refractivity (Wildman–Crippen MR) is 119 cm³/mol. The van der Waals surface area contributed by atoms with E-state index in [1.807, 2.05) is 10.7 Å². The Hall–Kier alpha value is -3.47. The van der Waals surface area contributed by atoms with Gasteiger partial charge in [-0.3, -0.25) is 4.40 Å². The van der Waals surface area contributed by atoms with Crippen molar-refractivity contribution in [1.29, 1.82) is 0 Å². The van der Waals surface area contributed by atoms with Crippen molar-refractivity contribution in [3.8, 4) is 22.4 Å². The lowest BCUT2D eigenvalue weighted by Crippen LogP contribution is -2.14. The molecule has 0 N–H and O–H groups in total. The normalized spacial score (nSPS) is 15.2. The van der Waals surface area contributed by atoms with Crippen LogP contribution >= 0.6 is 0 Å². The third-order valence-electron chi connectivity index (χ3n) is 6.33. The fourth-order valence-electron chi connectivity index (χ4n) is 5.00. The molecule has 5 nitrogen and oxygen atoms in total. The quantitative estimate of drug-likeness (QED) is 0.382. The van der Waals surface area contributed by atoms with E-state index in [4.69, 9.17) is 4.98 Å². The molecular weight excluding hydrogens is 370 g/mol. The van der Waals surface area contributed by atoms with Crippen LogP contribution in [0.5, 0.6) is 0 Å². The molecule has 6 rings (SSSR count). The van der Waals surface area contributed by atoms with E-state index < -0.39 is 0 Å². The Morgan fingerprint density at radius 1 is 0.733 bits per heavy atom. The summed E-state index contributed by atoms with van der Waals surface area (Å²) in [4.78, 5) is 4.93. The maximum atomic E-state index is 4.93. The molecular formula is C25H23N5. The fourth-order valence-corrected chi connectivity index (χ4v) is 5.00. The number of nitrogens with zero attached hydrogens (tertiary/aromatic N) is 5. The number of hydrogen-bond acceptors (Lipinski definition) is 3. The first-order valence-electron chi connectivity index (χ1n) is 10.7. The Labute approximate surface area is 175 Å². The van der Waals surface area contributed by atoms with Crippen LogP contribution in [0.2, 0.25) is 0 Å². The zero-order chi connectivity index (χ0) is 19.9. The summed E-state index contributed by atoms with van der Waals surface area (Å²) >= 11 is 0. The van der Waals surface area contributed by atoms with Gasteiger partial charge in [0.1, 0.15) is 18.3 Å². The average Bonchev–Trinajstić information content (AvgIpc) is 3.43. The van der Waals surface area contributed by atoms with Gasteiger partial charge in [-0.25, -0.2) is 4.98 Å². The van der Waals surface area contributed by atoms with Crippen molar-refractivity contribution in [3.05, 3.63) is 73.3 Å². The van der Waals surface area contributed by atoms with Crippen LogP contribution in [0.25, 0.3) is 39.1 Å². The van der Waals surface area contributed by atoms with Gasteiger partial charge >= 0.3 is 0 Å². The zero-order valence-corrected chi connectivity index (χ0v) is 16.8. The molecule has 0 radical (unpaired) electrons. The maximum absolute atomic E-state index is 4.93. The number of hydrogen-bond donors (Lipinski definition) is 0. The van der Waals surface area contributed by atoms with Crippen LogP contribution in [0, 0.1) is 0 Å². The van der Waals surface area contributed by atoms with Gasteiger partial charge in [-0.05, 0) is 24.0 Å². The molecule has 0 amide bonds. The van der Waals surface area contributed by atoms with E-state index in [0.29, 0.717) is 6.04 Å². The van der Waals surface area contributed by atoms with Crippen LogP contribution in [0.4, 0.5) is 0 Å². The maximum Gasteiger partial charge on any atom is 0.173 e. The van der Waals surface area contributed by atoms with E-state index in [1.54, 1.807) is 6.33 Å². The van der Waals surface area contributed by atoms with Gasteiger partial charge in [0.25, 0.3) is 0 Å². The van der Waals surface area contributed by atoms with Crippen LogP contribution < -0.4 is 0 Å². The molecule has 0 unspecified atom stereocenters. The lowest BCUT2D eigenvalue weighted by molar-refractivity contribution is 0.362. The Kier molecular flexibility index (Phi) is 4.11. The molecule has 30 heavy (non-hydrogen) atoms. The molecule has 1 aliphatic rings. The lowest BCUT2D eigenvalue weighted by atomic mass is 9.94. The zero-order valence-electron chi connectivity index (χ0n) is 16.8. The van der Waals surface area contributed by atoms with Crippen molar-refractivity contribution < 1.29 is 0 Å². The highest BCUT2D eigenvalue weighted by Crippen LogP contribution is 2.45. The Morgan fingerprint density at radius 2 is 1.43 bits per heavy atom. The Balaban J connectivity index is 1.79. The monoisotopic (exact) mass is 393 g/mol. The average molecular weight is 393 g/mol. The second-order valence-electron chi connectivity index (χ2n) is 8.12. The predicted octanol–water partition coefficient (Wildman–Crippen LogP) is 5.92. The van der Waals surface area contributed by atoms with Crippen LogP contribution in [0.15, 0.2) is 73.3 Å². The van der Waals surface area contributed by atoms with Gasteiger partial charge in [-0.15, -0.1) is 10.2 Å². The van der Waals surface area contributed by atoms with Crippen LogP contribution in [0.1, 0.15) is 38.1 Å². The van der Waals surface area contributed by atoms with E-state index in [9.17, 15) is 0 Å². The third kappa shape index (κ3) is 2.65. The van der Waals surface area contributed by atoms with Crippen molar-refractivity contribution >= 4 is 16.7 Å².